The number of sulfonamides is 1. The van der Waals surface area contributed by atoms with Crippen molar-refractivity contribution in [3.63, 3.8) is 0 Å². The predicted molar refractivity (Wildman–Crippen MR) is 103 cm³/mol. The van der Waals surface area contributed by atoms with Crippen molar-refractivity contribution >= 4 is 49.1 Å². The molecule has 0 aliphatic rings. The lowest BCUT2D eigenvalue weighted by Crippen LogP contribution is -2.25. The van der Waals surface area contributed by atoms with E-state index in [0.29, 0.717) is 11.4 Å². The second-order valence-electron chi connectivity index (χ2n) is 5.42. The molecule has 3 N–H and O–H groups in total. The lowest BCUT2D eigenvalue weighted by molar-refractivity contribution is -0.119. The van der Waals surface area contributed by atoms with E-state index in [9.17, 15) is 18.0 Å². The summed E-state index contributed by atoms with van der Waals surface area (Å²) in [5.41, 5.74) is 0.787. The van der Waals surface area contributed by atoms with E-state index in [1.165, 1.54) is 19.1 Å². The van der Waals surface area contributed by atoms with Gasteiger partial charge in [-0.15, -0.1) is 0 Å². The van der Waals surface area contributed by atoms with Crippen LogP contribution < -0.4 is 15.4 Å². The Balaban J connectivity index is 2.06. The van der Waals surface area contributed by atoms with Gasteiger partial charge in [-0.25, -0.2) is 8.42 Å². The van der Waals surface area contributed by atoms with Gasteiger partial charge < -0.3 is 10.6 Å². The quantitative estimate of drug-likeness (QED) is 0.616. The summed E-state index contributed by atoms with van der Waals surface area (Å²) in [6.45, 7) is 1.58. The van der Waals surface area contributed by atoms with E-state index in [4.69, 9.17) is 0 Å². The van der Waals surface area contributed by atoms with Gasteiger partial charge in [0.15, 0.2) is 0 Å². The fourth-order valence-electron chi connectivity index (χ4n) is 2.05. The van der Waals surface area contributed by atoms with Crippen LogP contribution in [0.4, 0.5) is 11.4 Å². The molecular weight excluding hydrogens is 422 g/mol. The maximum Gasteiger partial charge on any atom is 0.261 e. The standard InChI is InChI=1S/C17H18BrN3O4S/c1-12(22)19-10-9-17(23)20-15-3-2-4-16(11-15)26(24,25)21-14-7-5-13(18)6-8-14/h2-8,11,21H,9-10H2,1H3,(H,19,22)(H,20,23). The second kappa shape index (κ2) is 8.81. The summed E-state index contributed by atoms with van der Waals surface area (Å²) in [5, 5.41) is 5.13. The van der Waals surface area contributed by atoms with Crippen molar-refractivity contribution in [2.45, 2.75) is 18.2 Å². The van der Waals surface area contributed by atoms with Gasteiger partial charge in [-0.05, 0) is 42.5 Å². The molecule has 2 rings (SSSR count). The molecule has 0 fully saturated rings. The Hall–Kier alpha value is -2.39. The third-order valence-electron chi connectivity index (χ3n) is 3.25. The van der Waals surface area contributed by atoms with Gasteiger partial charge >= 0.3 is 0 Å². The van der Waals surface area contributed by atoms with Crippen LogP contribution in [0.2, 0.25) is 0 Å². The van der Waals surface area contributed by atoms with Crippen molar-refractivity contribution in [2.75, 3.05) is 16.6 Å². The van der Waals surface area contributed by atoms with E-state index in [1.54, 1.807) is 36.4 Å². The first kappa shape index (κ1) is 19.9. The zero-order valence-electron chi connectivity index (χ0n) is 14.0. The highest BCUT2D eigenvalue weighted by molar-refractivity contribution is 9.10. The van der Waals surface area contributed by atoms with Crippen LogP contribution in [0, 0.1) is 0 Å². The summed E-state index contributed by atoms with van der Waals surface area (Å²) in [5.74, 6) is -0.543. The number of amides is 2. The van der Waals surface area contributed by atoms with E-state index in [-0.39, 0.29) is 29.7 Å². The van der Waals surface area contributed by atoms with Crippen LogP contribution >= 0.6 is 15.9 Å². The van der Waals surface area contributed by atoms with Gasteiger partial charge in [0.25, 0.3) is 10.0 Å². The minimum Gasteiger partial charge on any atom is -0.356 e. The number of halogens is 1. The van der Waals surface area contributed by atoms with Crippen molar-refractivity contribution in [1.29, 1.82) is 0 Å². The summed E-state index contributed by atoms with van der Waals surface area (Å²) in [6, 6.07) is 12.7. The van der Waals surface area contributed by atoms with E-state index in [0.717, 1.165) is 4.47 Å². The Morgan fingerprint density at radius 2 is 1.73 bits per heavy atom. The van der Waals surface area contributed by atoms with E-state index >= 15 is 0 Å². The maximum absolute atomic E-state index is 12.5. The summed E-state index contributed by atoms with van der Waals surface area (Å²) in [6.07, 6.45) is 0.0910. The third kappa shape index (κ3) is 6.16. The zero-order valence-corrected chi connectivity index (χ0v) is 16.4. The number of carbonyl (C=O) groups is 2. The number of rotatable bonds is 7. The number of nitrogens with one attached hydrogen (secondary N) is 3. The molecule has 26 heavy (non-hydrogen) atoms. The molecule has 0 aliphatic heterocycles. The minimum absolute atomic E-state index is 0.0279. The molecule has 9 heteroatoms. The Morgan fingerprint density at radius 3 is 2.38 bits per heavy atom. The van der Waals surface area contributed by atoms with E-state index in [2.05, 4.69) is 31.3 Å². The number of anilines is 2. The first-order valence-corrected chi connectivity index (χ1v) is 9.96. The van der Waals surface area contributed by atoms with Gasteiger partial charge in [-0.1, -0.05) is 22.0 Å². The largest absolute Gasteiger partial charge is 0.356 e. The van der Waals surface area contributed by atoms with Gasteiger partial charge in [0, 0.05) is 35.7 Å². The number of benzene rings is 2. The van der Waals surface area contributed by atoms with Gasteiger partial charge in [-0.3, -0.25) is 14.3 Å². The SMILES string of the molecule is CC(=O)NCCC(=O)Nc1cccc(S(=O)(=O)Nc2ccc(Br)cc2)c1. The van der Waals surface area contributed by atoms with Crippen LogP contribution in [0.15, 0.2) is 57.9 Å². The molecule has 0 saturated heterocycles. The first-order valence-electron chi connectivity index (χ1n) is 7.69. The number of hydrogen-bond acceptors (Lipinski definition) is 4. The Kier molecular flexibility index (Phi) is 6.76. The molecule has 2 aromatic rings. The molecule has 0 radical (unpaired) electrons. The molecule has 7 nitrogen and oxygen atoms in total. The number of hydrogen-bond donors (Lipinski definition) is 3. The highest BCUT2D eigenvalue weighted by Gasteiger charge is 2.15. The fraction of sp³-hybridized carbons (Fsp3) is 0.176. The van der Waals surface area contributed by atoms with Crippen molar-refractivity contribution < 1.29 is 18.0 Å². The molecule has 0 saturated carbocycles. The molecule has 0 aromatic heterocycles. The van der Waals surface area contributed by atoms with Crippen LogP contribution in [0.3, 0.4) is 0 Å². The maximum atomic E-state index is 12.5. The summed E-state index contributed by atoms with van der Waals surface area (Å²) in [7, 11) is -3.79. The molecule has 2 aromatic carbocycles. The average molecular weight is 440 g/mol. The smallest absolute Gasteiger partial charge is 0.261 e. The highest BCUT2D eigenvalue weighted by atomic mass is 79.9. The molecular formula is C17H18BrN3O4S. The second-order valence-corrected chi connectivity index (χ2v) is 8.02. The molecule has 0 atom stereocenters. The summed E-state index contributed by atoms with van der Waals surface area (Å²) in [4.78, 5) is 22.7. The zero-order chi connectivity index (χ0) is 19.2. The monoisotopic (exact) mass is 439 g/mol. The first-order chi connectivity index (χ1) is 12.3. The third-order valence-corrected chi connectivity index (χ3v) is 5.16. The van der Waals surface area contributed by atoms with Gasteiger partial charge in [-0.2, -0.15) is 0 Å². The normalized spacial score (nSPS) is 10.8. The Bertz CT molecular complexity index is 898. The molecule has 0 bridgehead atoms. The van der Waals surface area contributed by atoms with Crippen molar-refractivity contribution in [1.82, 2.24) is 5.32 Å². The van der Waals surface area contributed by atoms with Crippen molar-refractivity contribution in [3.05, 3.63) is 53.0 Å². The van der Waals surface area contributed by atoms with Crippen molar-refractivity contribution in [2.24, 2.45) is 0 Å². The van der Waals surface area contributed by atoms with Crippen LogP contribution in [-0.2, 0) is 19.6 Å². The van der Waals surface area contributed by atoms with Gasteiger partial charge in [0.2, 0.25) is 11.8 Å². The average Bonchev–Trinajstić information content (AvgIpc) is 2.56. The Labute approximate surface area is 160 Å². The van der Waals surface area contributed by atoms with Crippen LogP contribution in [0.25, 0.3) is 0 Å². The van der Waals surface area contributed by atoms with Gasteiger partial charge in [0.1, 0.15) is 0 Å². The molecule has 138 valence electrons. The van der Waals surface area contributed by atoms with Crippen LogP contribution in [0.1, 0.15) is 13.3 Å². The van der Waals surface area contributed by atoms with E-state index in [1.807, 2.05) is 0 Å². The van der Waals surface area contributed by atoms with Gasteiger partial charge in [0.05, 0.1) is 4.90 Å². The molecule has 2 amide bonds. The molecule has 0 heterocycles. The number of carbonyl (C=O) groups excluding carboxylic acids is 2. The summed E-state index contributed by atoms with van der Waals surface area (Å²) >= 11 is 3.29. The topological polar surface area (TPSA) is 104 Å². The Morgan fingerprint density at radius 1 is 1.04 bits per heavy atom. The minimum atomic E-state index is -3.79. The van der Waals surface area contributed by atoms with Crippen molar-refractivity contribution in [3.8, 4) is 0 Å². The lowest BCUT2D eigenvalue weighted by atomic mass is 10.3. The van der Waals surface area contributed by atoms with Crippen LogP contribution in [-0.4, -0.2) is 26.8 Å². The summed E-state index contributed by atoms with van der Waals surface area (Å²) < 4.78 is 28.3. The molecule has 0 aliphatic carbocycles. The lowest BCUT2D eigenvalue weighted by Gasteiger charge is -2.10. The highest BCUT2D eigenvalue weighted by Crippen LogP contribution is 2.21. The fourth-order valence-corrected chi connectivity index (χ4v) is 3.42. The predicted octanol–water partition coefficient (Wildman–Crippen LogP) is 2.71. The van der Waals surface area contributed by atoms with Crippen LogP contribution in [0.5, 0.6) is 0 Å². The van der Waals surface area contributed by atoms with E-state index < -0.39 is 10.0 Å². The molecule has 0 unspecified atom stereocenters. The molecule has 0 spiro atoms.